The lowest BCUT2D eigenvalue weighted by molar-refractivity contribution is 0.289. The van der Waals surface area contributed by atoms with Crippen molar-refractivity contribution in [3.63, 3.8) is 0 Å². The van der Waals surface area contributed by atoms with Crippen molar-refractivity contribution in [2.45, 2.75) is 13.5 Å². The van der Waals surface area contributed by atoms with Crippen LogP contribution in [0.4, 0.5) is 11.5 Å². The van der Waals surface area contributed by atoms with Gasteiger partial charge >= 0.3 is 0 Å². The van der Waals surface area contributed by atoms with Crippen LogP contribution >= 0.6 is 11.6 Å². The predicted octanol–water partition coefficient (Wildman–Crippen LogP) is 4.90. The molecule has 6 nitrogen and oxygen atoms in total. The highest BCUT2D eigenvalue weighted by molar-refractivity contribution is 6.30. The lowest BCUT2D eigenvalue weighted by Gasteiger charge is -2.09. The first kappa shape index (κ1) is 16.4. The molecule has 0 aliphatic carbocycles. The molecular weight excluding hydrogens is 352 g/mol. The molecule has 0 aliphatic heterocycles. The lowest BCUT2D eigenvalue weighted by atomic mass is 10.2. The van der Waals surface area contributed by atoms with Crippen molar-refractivity contribution in [2.24, 2.45) is 0 Å². The molecule has 0 aliphatic rings. The zero-order chi connectivity index (χ0) is 17.9. The predicted molar refractivity (Wildman–Crippen MR) is 99.8 cm³/mol. The maximum atomic E-state index is 5.92. The van der Waals surface area contributed by atoms with Gasteiger partial charge in [0.25, 0.3) is 5.88 Å². The van der Waals surface area contributed by atoms with E-state index in [1.54, 1.807) is 24.6 Å². The van der Waals surface area contributed by atoms with Crippen LogP contribution < -0.4 is 10.1 Å². The average molecular weight is 367 g/mol. The minimum Gasteiger partial charge on any atom is -0.469 e. The van der Waals surface area contributed by atoms with Crippen LogP contribution in [0.5, 0.6) is 5.88 Å². The zero-order valence-electron chi connectivity index (χ0n) is 13.9. The Balaban J connectivity index is 1.58. The van der Waals surface area contributed by atoms with E-state index in [1.165, 1.54) is 0 Å². The number of hydrogen-bond donors (Lipinski definition) is 1. The van der Waals surface area contributed by atoms with Gasteiger partial charge in [-0.2, -0.15) is 0 Å². The van der Waals surface area contributed by atoms with E-state index in [2.05, 4.69) is 20.5 Å². The summed E-state index contributed by atoms with van der Waals surface area (Å²) in [6, 6.07) is 13.0. The Morgan fingerprint density at radius 3 is 2.77 bits per heavy atom. The van der Waals surface area contributed by atoms with Crippen LogP contribution in [0, 0.1) is 6.92 Å². The molecule has 0 amide bonds. The van der Waals surface area contributed by atoms with Crippen molar-refractivity contribution in [1.29, 1.82) is 0 Å². The quantitative estimate of drug-likeness (QED) is 0.541. The summed E-state index contributed by atoms with van der Waals surface area (Å²) in [4.78, 5) is 4.17. The normalized spacial score (nSPS) is 10.8. The van der Waals surface area contributed by atoms with Gasteiger partial charge in [0, 0.05) is 22.6 Å². The number of furan rings is 1. The summed E-state index contributed by atoms with van der Waals surface area (Å²) in [5.41, 5.74) is 3.33. The number of benzene rings is 1. The van der Waals surface area contributed by atoms with Crippen LogP contribution in [0.25, 0.3) is 11.0 Å². The second-order valence-corrected chi connectivity index (χ2v) is 6.18. The van der Waals surface area contributed by atoms with Gasteiger partial charge in [0.1, 0.15) is 6.61 Å². The van der Waals surface area contributed by atoms with E-state index < -0.39 is 0 Å². The fraction of sp³-hybridized carbons (Fsp3) is 0.105. The minimum atomic E-state index is 0.348. The Bertz CT molecular complexity index is 1050. The fourth-order valence-electron chi connectivity index (χ4n) is 2.56. The van der Waals surface area contributed by atoms with E-state index in [0.717, 1.165) is 22.3 Å². The van der Waals surface area contributed by atoms with Crippen molar-refractivity contribution in [1.82, 2.24) is 15.2 Å². The topological polar surface area (TPSA) is 73.1 Å². The molecule has 0 saturated heterocycles. The summed E-state index contributed by atoms with van der Waals surface area (Å²) in [5, 5.41) is 13.1. The first-order valence-electron chi connectivity index (χ1n) is 8.00. The number of fused-ring (bicyclic) bond motifs is 1. The molecule has 1 aromatic carbocycles. The fourth-order valence-corrected chi connectivity index (χ4v) is 2.68. The molecule has 4 rings (SSSR count). The third-order valence-corrected chi connectivity index (χ3v) is 4.05. The van der Waals surface area contributed by atoms with E-state index in [-0.39, 0.29) is 0 Å². The molecular formula is C19H15ClN4O2. The molecule has 3 aromatic heterocycles. The molecule has 3 heterocycles. The Kier molecular flexibility index (Phi) is 4.41. The third kappa shape index (κ3) is 3.45. The molecule has 0 atom stereocenters. The van der Waals surface area contributed by atoms with Crippen molar-refractivity contribution in [3.05, 3.63) is 71.2 Å². The molecule has 26 heavy (non-hydrogen) atoms. The summed E-state index contributed by atoms with van der Waals surface area (Å²) in [7, 11) is 0. The van der Waals surface area contributed by atoms with Gasteiger partial charge in [-0.25, -0.2) is 0 Å². The summed E-state index contributed by atoms with van der Waals surface area (Å²) in [6.07, 6.45) is 3.34. The maximum absolute atomic E-state index is 5.92. The van der Waals surface area contributed by atoms with Gasteiger partial charge in [-0.1, -0.05) is 11.6 Å². The standard InChI is InChI=1S/C19H15ClN4O2/c1-12-10-13(6-8-21-12)11-26-19-17-16(7-9-25-17)18(23-24-19)22-15-4-2-14(20)3-5-15/h2-10H,11H2,1H3,(H,22,23). The van der Waals surface area contributed by atoms with Gasteiger partial charge in [-0.15, -0.1) is 10.2 Å². The van der Waals surface area contributed by atoms with E-state index >= 15 is 0 Å². The first-order valence-corrected chi connectivity index (χ1v) is 8.37. The number of ether oxygens (including phenoxy) is 1. The van der Waals surface area contributed by atoms with Crippen molar-refractivity contribution >= 4 is 34.1 Å². The molecule has 1 N–H and O–H groups in total. The van der Waals surface area contributed by atoms with Crippen LogP contribution in [0.2, 0.25) is 5.02 Å². The summed E-state index contributed by atoms with van der Waals surface area (Å²) < 4.78 is 11.4. The zero-order valence-corrected chi connectivity index (χ0v) is 14.7. The van der Waals surface area contributed by atoms with E-state index in [9.17, 15) is 0 Å². The lowest BCUT2D eigenvalue weighted by Crippen LogP contribution is -2.02. The number of hydrogen-bond acceptors (Lipinski definition) is 6. The van der Waals surface area contributed by atoms with Crippen LogP contribution in [0.15, 0.2) is 59.3 Å². The Morgan fingerprint density at radius 2 is 1.96 bits per heavy atom. The van der Waals surface area contributed by atoms with Crippen molar-refractivity contribution < 1.29 is 9.15 Å². The number of halogens is 1. The molecule has 7 heteroatoms. The van der Waals surface area contributed by atoms with E-state index in [0.29, 0.717) is 28.9 Å². The number of aromatic nitrogens is 3. The van der Waals surface area contributed by atoms with E-state index in [1.807, 2.05) is 37.3 Å². The SMILES string of the molecule is Cc1cc(COc2nnc(Nc3ccc(Cl)cc3)c3ccoc23)ccn1. The van der Waals surface area contributed by atoms with Crippen LogP contribution in [-0.4, -0.2) is 15.2 Å². The molecule has 0 unspecified atom stereocenters. The first-order chi connectivity index (χ1) is 12.7. The number of aryl methyl sites for hydroxylation is 1. The number of nitrogens with one attached hydrogen (secondary N) is 1. The van der Waals surface area contributed by atoms with Gasteiger partial charge in [-0.3, -0.25) is 4.98 Å². The summed E-state index contributed by atoms with van der Waals surface area (Å²) in [5.74, 6) is 0.935. The molecule has 0 spiro atoms. The molecule has 4 aromatic rings. The Hall–Kier alpha value is -3.12. The molecule has 130 valence electrons. The highest BCUT2D eigenvalue weighted by atomic mass is 35.5. The van der Waals surface area contributed by atoms with Gasteiger partial charge in [0.15, 0.2) is 5.82 Å². The van der Waals surface area contributed by atoms with Crippen LogP contribution in [-0.2, 0) is 6.61 Å². The highest BCUT2D eigenvalue weighted by Crippen LogP contribution is 2.31. The Labute approximate surface area is 154 Å². The van der Waals surface area contributed by atoms with Crippen LogP contribution in [0.1, 0.15) is 11.3 Å². The van der Waals surface area contributed by atoms with Crippen molar-refractivity contribution in [2.75, 3.05) is 5.32 Å². The number of anilines is 2. The third-order valence-electron chi connectivity index (χ3n) is 3.80. The number of nitrogens with zero attached hydrogens (tertiary/aromatic N) is 3. The summed E-state index contributed by atoms with van der Waals surface area (Å²) in [6.45, 7) is 2.29. The largest absolute Gasteiger partial charge is 0.469 e. The maximum Gasteiger partial charge on any atom is 0.278 e. The van der Waals surface area contributed by atoms with Gasteiger partial charge in [-0.05, 0) is 55.0 Å². The summed E-state index contributed by atoms with van der Waals surface area (Å²) >= 11 is 5.92. The number of pyridine rings is 1. The molecule has 0 bridgehead atoms. The second-order valence-electron chi connectivity index (χ2n) is 5.74. The minimum absolute atomic E-state index is 0.348. The molecule has 0 saturated carbocycles. The van der Waals surface area contributed by atoms with Gasteiger partial charge in [0.2, 0.25) is 5.58 Å². The Morgan fingerprint density at radius 1 is 1.12 bits per heavy atom. The second kappa shape index (κ2) is 7.01. The molecule has 0 fully saturated rings. The highest BCUT2D eigenvalue weighted by Gasteiger charge is 2.14. The van der Waals surface area contributed by atoms with Crippen LogP contribution in [0.3, 0.4) is 0 Å². The monoisotopic (exact) mass is 366 g/mol. The van der Waals surface area contributed by atoms with Crippen molar-refractivity contribution in [3.8, 4) is 5.88 Å². The van der Waals surface area contributed by atoms with Gasteiger partial charge in [0.05, 0.1) is 11.6 Å². The molecule has 0 radical (unpaired) electrons. The average Bonchev–Trinajstić information content (AvgIpc) is 3.13. The van der Waals surface area contributed by atoms with Gasteiger partial charge < -0.3 is 14.5 Å². The van der Waals surface area contributed by atoms with E-state index in [4.69, 9.17) is 20.8 Å². The number of rotatable bonds is 5. The smallest absolute Gasteiger partial charge is 0.278 e.